The highest BCUT2D eigenvalue weighted by molar-refractivity contribution is 6.30. The number of rotatable bonds is 4. The maximum absolute atomic E-state index is 5.97. The van der Waals surface area contributed by atoms with E-state index < -0.39 is 0 Å². The fourth-order valence-corrected chi connectivity index (χ4v) is 1.91. The van der Waals surface area contributed by atoms with Gasteiger partial charge in [-0.2, -0.15) is 0 Å². The molecule has 1 atom stereocenters. The predicted molar refractivity (Wildman–Crippen MR) is 60.6 cm³/mol. The summed E-state index contributed by atoms with van der Waals surface area (Å²) < 4.78 is 0. The summed E-state index contributed by atoms with van der Waals surface area (Å²) in [5.41, 5.74) is 1.31. The molecule has 2 rings (SSSR count). The van der Waals surface area contributed by atoms with Gasteiger partial charge in [0, 0.05) is 17.1 Å². The molecule has 1 aromatic carbocycles. The van der Waals surface area contributed by atoms with Crippen molar-refractivity contribution in [3.05, 3.63) is 34.9 Å². The second-order valence-corrected chi connectivity index (χ2v) is 4.39. The maximum atomic E-state index is 5.97. The second kappa shape index (κ2) is 4.33. The summed E-state index contributed by atoms with van der Waals surface area (Å²) in [4.78, 5) is 0. The maximum Gasteiger partial charge on any atom is 0.0409 e. The van der Waals surface area contributed by atoms with Crippen molar-refractivity contribution in [3.8, 4) is 0 Å². The van der Waals surface area contributed by atoms with Gasteiger partial charge in [-0.05, 0) is 37.0 Å². The molecule has 0 spiro atoms. The molecule has 1 aliphatic rings. The fourth-order valence-electron chi connectivity index (χ4n) is 1.71. The molecule has 0 amide bonds. The molecule has 1 nitrogen and oxygen atoms in total. The van der Waals surface area contributed by atoms with Crippen molar-refractivity contribution in [2.75, 3.05) is 0 Å². The van der Waals surface area contributed by atoms with E-state index >= 15 is 0 Å². The van der Waals surface area contributed by atoms with Crippen LogP contribution < -0.4 is 5.32 Å². The van der Waals surface area contributed by atoms with Crippen LogP contribution in [0.2, 0.25) is 5.02 Å². The van der Waals surface area contributed by atoms with E-state index in [-0.39, 0.29) is 0 Å². The molecule has 0 heterocycles. The normalized spacial score (nSPS) is 18.1. The fraction of sp³-hybridized carbons (Fsp3) is 0.500. The predicted octanol–water partition coefficient (Wildman–Crippen LogP) is 3.54. The Labute approximate surface area is 90.5 Å². The quantitative estimate of drug-likeness (QED) is 0.800. The minimum absolute atomic E-state index is 0.473. The van der Waals surface area contributed by atoms with Gasteiger partial charge in [-0.1, -0.05) is 30.7 Å². The Balaban J connectivity index is 2.08. The molecule has 1 aliphatic carbocycles. The van der Waals surface area contributed by atoms with Crippen molar-refractivity contribution < 1.29 is 0 Å². The lowest BCUT2D eigenvalue weighted by Crippen LogP contribution is -2.22. The van der Waals surface area contributed by atoms with E-state index in [4.69, 9.17) is 11.6 Å². The van der Waals surface area contributed by atoms with Gasteiger partial charge in [-0.15, -0.1) is 0 Å². The number of nitrogens with one attached hydrogen (secondary N) is 1. The average Bonchev–Trinajstić information content (AvgIpc) is 2.98. The van der Waals surface area contributed by atoms with E-state index in [0.717, 1.165) is 17.5 Å². The zero-order valence-corrected chi connectivity index (χ0v) is 9.22. The molecule has 76 valence electrons. The Morgan fingerprint density at radius 3 is 2.86 bits per heavy atom. The first-order valence-corrected chi connectivity index (χ1v) is 5.69. The Hall–Kier alpha value is -0.530. The number of benzene rings is 1. The van der Waals surface area contributed by atoms with E-state index in [2.05, 4.69) is 24.4 Å². The van der Waals surface area contributed by atoms with Crippen molar-refractivity contribution in [2.45, 2.75) is 38.3 Å². The highest BCUT2D eigenvalue weighted by Gasteiger charge is 2.24. The van der Waals surface area contributed by atoms with Gasteiger partial charge in [0.25, 0.3) is 0 Å². The SMILES string of the molecule is CCC(NC1CC1)c1cccc(Cl)c1. The van der Waals surface area contributed by atoms with Gasteiger partial charge in [0.15, 0.2) is 0 Å². The molecule has 1 fully saturated rings. The molecular weight excluding hydrogens is 194 g/mol. The van der Waals surface area contributed by atoms with Crippen molar-refractivity contribution in [2.24, 2.45) is 0 Å². The third-order valence-electron chi connectivity index (χ3n) is 2.67. The average molecular weight is 210 g/mol. The van der Waals surface area contributed by atoms with Crippen molar-refractivity contribution in [1.82, 2.24) is 5.32 Å². The standard InChI is InChI=1S/C12H16ClN/c1-2-12(14-11-6-7-11)9-4-3-5-10(13)8-9/h3-5,8,11-12,14H,2,6-7H2,1H3. The molecule has 1 N–H and O–H groups in total. The van der Waals surface area contributed by atoms with E-state index in [1.54, 1.807) is 0 Å². The van der Waals surface area contributed by atoms with Crippen LogP contribution in [0.3, 0.4) is 0 Å². The van der Waals surface area contributed by atoms with Gasteiger partial charge in [0.1, 0.15) is 0 Å². The second-order valence-electron chi connectivity index (χ2n) is 3.96. The summed E-state index contributed by atoms with van der Waals surface area (Å²) in [6, 6.07) is 9.38. The van der Waals surface area contributed by atoms with Crippen molar-refractivity contribution in [1.29, 1.82) is 0 Å². The van der Waals surface area contributed by atoms with Gasteiger partial charge >= 0.3 is 0 Å². The van der Waals surface area contributed by atoms with Crippen LogP contribution in [0, 0.1) is 0 Å². The van der Waals surface area contributed by atoms with Crippen LogP contribution in [0.1, 0.15) is 37.8 Å². The summed E-state index contributed by atoms with van der Waals surface area (Å²) in [5, 5.41) is 4.46. The summed E-state index contributed by atoms with van der Waals surface area (Å²) in [6.07, 6.45) is 3.78. The minimum Gasteiger partial charge on any atom is -0.307 e. The number of halogens is 1. The Kier molecular flexibility index (Phi) is 3.09. The van der Waals surface area contributed by atoms with Crippen LogP contribution >= 0.6 is 11.6 Å². The molecule has 1 unspecified atom stereocenters. The molecule has 2 heteroatoms. The molecule has 0 aromatic heterocycles. The van der Waals surface area contributed by atoms with Gasteiger partial charge in [0.2, 0.25) is 0 Å². The molecular formula is C12H16ClN. The van der Waals surface area contributed by atoms with Crippen LogP contribution in [0.4, 0.5) is 0 Å². The first-order chi connectivity index (χ1) is 6.79. The van der Waals surface area contributed by atoms with Gasteiger partial charge in [-0.25, -0.2) is 0 Å². The summed E-state index contributed by atoms with van der Waals surface area (Å²) >= 11 is 5.97. The van der Waals surface area contributed by atoms with Crippen LogP contribution in [-0.2, 0) is 0 Å². The molecule has 0 aliphatic heterocycles. The van der Waals surface area contributed by atoms with Crippen LogP contribution in [0.5, 0.6) is 0 Å². The molecule has 0 saturated heterocycles. The highest BCUT2D eigenvalue weighted by atomic mass is 35.5. The van der Waals surface area contributed by atoms with Crippen LogP contribution in [0.15, 0.2) is 24.3 Å². The highest BCUT2D eigenvalue weighted by Crippen LogP contribution is 2.26. The Bertz CT molecular complexity index is 307. The van der Waals surface area contributed by atoms with E-state index in [1.807, 2.05) is 12.1 Å². The topological polar surface area (TPSA) is 12.0 Å². The number of hydrogen-bond donors (Lipinski definition) is 1. The van der Waals surface area contributed by atoms with Crippen molar-refractivity contribution >= 4 is 11.6 Å². The third kappa shape index (κ3) is 2.49. The monoisotopic (exact) mass is 209 g/mol. The lowest BCUT2D eigenvalue weighted by atomic mass is 10.0. The van der Waals surface area contributed by atoms with Gasteiger partial charge < -0.3 is 5.32 Å². The van der Waals surface area contributed by atoms with Gasteiger partial charge in [-0.3, -0.25) is 0 Å². The molecule has 0 radical (unpaired) electrons. The summed E-state index contributed by atoms with van der Waals surface area (Å²) in [5.74, 6) is 0. The van der Waals surface area contributed by atoms with E-state index in [0.29, 0.717) is 6.04 Å². The smallest absolute Gasteiger partial charge is 0.0409 e. The van der Waals surface area contributed by atoms with E-state index in [1.165, 1.54) is 18.4 Å². The zero-order chi connectivity index (χ0) is 9.97. The summed E-state index contributed by atoms with van der Waals surface area (Å²) in [6.45, 7) is 2.21. The lowest BCUT2D eigenvalue weighted by Gasteiger charge is -2.17. The van der Waals surface area contributed by atoms with Crippen molar-refractivity contribution in [3.63, 3.8) is 0 Å². The Morgan fingerprint density at radius 2 is 2.29 bits per heavy atom. The van der Waals surface area contributed by atoms with Crippen LogP contribution in [0.25, 0.3) is 0 Å². The molecule has 1 saturated carbocycles. The first kappa shape index (κ1) is 10.0. The third-order valence-corrected chi connectivity index (χ3v) is 2.91. The lowest BCUT2D eigenvalue weighted by molar-refractivity contribution is 0.516. The van der Waals surface area contributed by atoms with Crippen LogP contribution in [-0.4, -0.2) is 6.04 Å². The largest absolute Gasteiger partial charge is 0.307 e. The first-order valence-electron chi connectivity index (χ1n) is 5.31. The molecule has 1 aromatic rings. The molecule has 14 heavy (non-hydrogen) atoms. The molecule has 0 bridgehead atoms. The van der Waals surface area contributed by atoms with Gasteiger partial charge in [0.05, 0.1) is 0 Å². The van der Waals surface area contributed by atoms with E-state index in [9.17, 15) is 0 Å². The summed E-state index contributed by atoms with van der Waals surface area (Å²) in [7, 11) is 0. The zero-order valence-electron chi connectivity index (χ0n) is 8.46. The minimum atomic E-state index is 0.473. The Morgan fingerprint density at radius 1 is 1.50 bits per heavy atom. The number of hydrogen-bond acceptors (Lipinski definition) is 1.